The molecule has 5 heteroatoms. The molecule has 2 aromatic carbocycles. The Kier molecular flexibility index (Phi) is 5.46. The highest BCUT2D eigenvalue weighted by atomic mass is 16.5. The Bertz CT molecular complexity index is 801. The van der Waals surface area contributed by atoms with Crippen LogP contribution in [0.25, 0.3) is 0 Å². The summed E-state index contributed by atoms with van der Waals surface area (Å²) >= 11 is 0. The van der Waals surface area contributed by atoms with Crippen molar-refractivity contribution in [1.29, 1.82) is 0 Å². The lowest BCUT2D eigenvalue weighted by molar-refractivity contribution is 0.212. The van der Waals surface area contributed by atoms with Gasteiger partial charge in [-0.3, -0.25) is 4.90 Å². The van der Waals surface area contributed by atoms with Crippen LogP contribution in [-0.4, -0.2) is 29.2 Å². The second-order valence-electron chi connectivity index (χ2n) is 6.10. The predicted octanol–water partition coefficient (Wildman–Crippen LogP) is 3.86. The molecule has 1 atom stereocenters. The summed E-state index contributed by atoms with van der Waals surface area (Å²) in [6, 6.07) is 18.4. The van der Waals surface area contributed by atoms with Crippen molar-refractivity contribution in [3.8, 4) is 5.75 Å². The lowest BCUT2D eigenvalue weighted by Crippen LogP contribution is -2.22. The molecule has 0 fully saturated rings. The number of methoxy groups -OCH3 is 1. The van der Waals surface area contributed by atoms with E-state index in [1.165, 1.54) is 5.56 Å². The molecule has 130 valence electrons. The van der Waals surface area contributed by atoms with E-state index in [9.17, 15) is 0 Å². The minimum Gasteiger partial charge on any atom is -0.496 e. The molecular formula is C20H23N3O2. The first-order chi connectivity index (χ1) is 12.2. The normalized spacial score (nSPS) is 12.3. The summed E-state index contributed by atoms with van der Waals surface area (Å²) in [4.78, 5) is 6.68. The van der Waals surface area contributed by atoms with Crippen LogP contribution in [0, 0.1) is 0 Å². The van der Waals surface area contributed by atoms with Gasteiger partial charge in [0.05, 0.1) is 13.7 Å². The zero-order chi connectivity index (χ0) is 17.6. The van der Waals surface area contributed by atoms with E-state index >= 15 is 0 Å². The fourth-order valence-corrected chi connectivity index (χ4v) is 2.80. The molecule has 0 N–H and O–H groups in total. The van der Waals surface area contributed by atoms with Crippen LogP contribution in [0.2, 0.25) is 0 Å². The number of benzene rings is 2. The Morgan fingerprint density at radius 3 is 2.56 bits per heavy atom. The van der Waals surface area contributed by atoms with Gasteiger partial charge in [-0.2, -0.15) is 4.98 Å². The number of hydrogen-bond acceptors (Lipinski definition) is 5. The molecule has 0 aliphatic carbocycles. The molecule has 3 aromatic rings. The van der Waals surface area contributed by atoms with Crippen molar-refractivity contribution in [3.63, 3.8) is 0 Å². The highest BCUT2D eigenvalue weighted by Crippen LogP contribution is 2.28. The van der Waals surface area contributed by atoms with E-state index in [1.54, 1.807) is 7.11 Å². The number of para-hydroxylation sites is 1. The molecule has 0 radical (unpaired) electrons. The van der Waals surface area contributed by atoms with Crippen LogP contribution in [0.15, 0.2) is 59.1 Å². The first kappa shape index (κ1) is 17.2. The van der Waals surface area contributed by atoms with Crippen molar-refractivity contribution < 1.29 is 9.26 Å². The monoisotopic (exact) mass is 337 g/mol. The van der Waals surface area contributed by atoms with Crippen LogP contribution in [0.4, 0.5) is 0 Å². The molecule has 25 heavy (non-hydrogen) atoms. The third kappa shape index (κ3) is 4.25. The molecule has 1 aromatic heterocycles. The van der Waals surface area contributed by atoms with Gasteiger partial charge < -0.3 is 9.26 Å². The van der Waals surface area contributed by atoms with Gasteiger partial charge in [-0.15, -0.1) is 0 Å². The second kappa shape index (κ2) is 7.94. The summed E-state index contributed by atoms with van der Waals surface area (Å²) in [6.45, 7) is 2.72. The molecule has 0 saturated carbocycles. The zero-order valence-electron chi connectivity index (χ0n) is 14.8. The molecule has 3 rings (SSSR count). The fourth-order valence-electron chi connectivity index (χ4n) is 2.80. The smallest absolute Gasteiger partial charge is 0.240 e. The molecule has 0 amide bonds. The van der Waals surface area contributed by atoms with E-state index in [0.29, 0.717) is 24.7 Å². The molecule has 0 bridgehead atoms. The van der Waals surface area contributed by atoms with Crippen LogP contribution in [0.5, 0.6) is 5.75 Å². The summed E-state index contributed by atoms with van der Waals surface area (Å²) in [5.41, 5.74) is 2.31. The van der Waals surface area contributed by atoms with Crippen molar-refractivity contribution >= 4 is 0 Å². The maximum Gasteiger partial charge on any atom is 0.240 e. The fraction of sp³-hybridized carbons (Fsp3) is 0.300. The highest BCUT2D eigenvalue weighted by Gasteiger charge is 2.18. The van der Waals surface area contributed by atoms with Gasteiger partial charge in [0.25, 0.3) is 0 Å². The number of aromatic nitrogens is 2. The van der Waals surface area contributed by atoms with Crippen molar-refractivity contribution in [2.24, 2.45) is 0 Å². The van der Waals surface area contributed by atoms with E-state index in [1.807, 2.05) is 43.4 Å². The van der Waals surface area contributed by atoms with Gasteiger partial charge in [0.2, 0.25) is 5.89 Å². The van der Waals surface area contributed by atoms with Crippen LogP contribution >= 0.6 is 0 Å². The van der Waals surface area contributed by atoms with Gasteiger partial charge in [0, 0.05) is 18.0 Å². The third-order valence-corrected chi connectivity index (χ3v) is 4.35. The van der Waals surface area contributed by atoms with Gasteiger partial charge >= 0.3 is 0 Å². The summed E-state index contributed by atoms with van der Waals surface area (Å²) in [6.07, 6.45) is 0.677. The quantitative estimate of drug-likeness (QED) is 0.655. The Hall–Kier alpha value is -2.66. The largest absolute Gasteiger partial charge is 0.496 e. The molecule has 0 aliphatic rings. The van der Waals surface area contributed by atoms with E-state index in [-0.39, 0.29) is 6.04 Å². The number of hydrogen-bond donors (Lipinski definition) is 0. The summed E-state index contributed by atoms with van der Waals surface area (Å²) < 4.78 is 10.9. The van der Waals surface area contributed by atoms with Crippen LogP contribution in [0.3, 0.4) is 0 Å². The molecule has 0 saturated heterocycles. The van der Waals surface area contributed by atoms with Crippen molar-refractivity contribution in [3.05, 3.63) is 77.4 Å². The molecule has 1 heterocycles. The summed E-state index contributed by atoms with van der Waals surface area (Å²) in [5.74, 6) is 2.21. The van der Waals surface area contributed by atoms with Crippen LogP contribution in [0.1, 0.15) is 35.8 Å². The Morgan fingerprint density at radius 2 is 1.80 bits per heavy atom. The zero-order valence-corrected chi connectivity index (χ0v) is 14.8. The van der Waals surface area contributed by atoms with Gasteiger partial charge in [-0.25, -0.2) is 0 Å². The number of nitrogens with zero attached hydrogens (tertiary/aromatic N) is 3. The third-order valence-electron chi connectivity index (χ3n) is 4.35. The maximum atomic E-state index is 5.46. The molecular weight excluding hydrogens is 314 g/mol. The van der Waals surface area contributed by atoms with E-state index in [2.05, 4.69) is 40.2 Å². The van der Waals surface area contributed by atoms with Crippen molar-refractivity contribution in [2.45, 2.75) is 25.9 Å². The number of rotatable bonds is 7. The minimum atomic E-state index is 0.167. The van der Waals surface area contributed by atoms with Gasteiger partial charge in [-0.05, 0) is 25.6 Å². The molecule has 0 aliphatic heterocycles. The van der Waals surface area contributed by atoms with Crippen LogP contribution < -0.4 is 4.74 Å². The molecule has 0 spiro atoms. The SMILES string of the molecule is COc1ccccc1C(C)N(C)Cc1nc(Cc2ccccc2)no1. The molecule has 5 nitrogen and oxygen atoms in total. The first-order valence-electron chi connectivity index (χ1n) is 8.36. The van der Waals surface area contributed by atoms with Gasteiger partial charge in [-0.1, -0.05) is 53.7 Å². The predicted molar refractivity (Wildman–Crippen MR) is 96.4 cm³/mol. The second-order valence-corrected chi connectivity index (χ2v) is 6.10. The Morgan fingerprint density at radius 1 is 1.08 bits per heavy atom. The van der Waals surface area contributed by atoms with E-state index in [4.69, 9.17) is 9.26 Å². The van der Waals surface area contributed by atoms with Gasteiger partial charge in [0.15, 0.2) is 5.82 Å². The lowest BCUT2D eigenvalue weighted by atomic mass is 10.1. The van der Waals surface area contributed by atoms with Crippen molar-refractivity contribution in [1.82, 2.24) is 15.0 Å². The Balaban J connectivity index is 1.66. The minimum absolute atomic E-state index is 0.167. The van der Waals surface area contributed by atoms with Crippen LogP contribution in [-0.2, 0) is 13.0 Å². The average molecular weight is 337 g/mol. The lowest BCUT2D eigenvalue weighted by Gasteiger charge is -2.24. The maximum absolute atomic E-state index is 5.46. The van der Waals surface area contributed by atoms with E-state index in [0.717, 1.165) is 11.3 Å². The first-order valence-corrected chi connectivity index (χ1v) is 8.36. The standard InChI is InChI=1S/C20H23N3O2/c1-15(17-11-7-8-12-18(17)24-3)23(2)14-20-21-19(22-25-20)13-16-9-5-4-6-10-16/h4-12,15H,13-14H2,1-3H3. The summed E-state index contributed by atoms with van der Waals surface area (Å²) in [7, 11) is 3.73. The van der Waals surface area contributed by atoms with Crippen molar-refractivity contribution in [2.75, 3.05) is 14.2 Å². The van der Waals surface area contributed by atoms with Gasteiger partial charge in [0.1, 0.15) is 5.75 Å². The average Bonchev–Trinajstić information content (AvgIpc) is 3.08. The number of ether oxygens (including phenoxy) is 1. The topological polar surface area (TPSA) is 51.4 Å². The summed E-state index contributed by atoms with van der Waals surface area (Å²) in [5, 5.41) is 4.09. The molecule has 1 unspecified atom stereocenters. The van der Waals surface area contributed by atoms with E-state index < -0.39 is 0 Å². The Labute approximate surface area is 148 Å². The highest BCUT2D eigenvalue weighted by molar-refractivity contribution is 5.35.